The summed E-state index contributed by atoms with van der Waals surface area (Å²) in [6, 6.07) is 6.07. The fourth-order valence-electron chi connectivity index (χ4n) is 2.92. The molecule has 0 saturated carbocycles. The molecule has 1 aliphatic heterocycles. The minimum atomic E-state index is -3.07. The number of rotatable bonds is 5. The van der Waals surface area contributed by atoms with Crippen molar-refractivity contribution < 1.29 is 22.7 Å². The van der Waals surface area contributed by atoms with Gasteiger partial charge in [-0.25, -0.2) is 8.42 Å². The molecule has 1 atom stereocenters. The van der Waals surface area contributed by atoms with Gasteiger partial charge in [-0.2, -0.15) is 0 Å². The number of benzene rings is 1. The van der Waals surface area contributed by atoms with Gasteiger partial charge < -0.3 is 15.0 Å². The molecule has 1 unspecified atom stereocenters. The van der Waals surface area contributed by atoms with Gasteiger partial charge in [0.15, 0.2) is 16.4 Å². The van der Waals surface area contributed by atoms with Crippen molar-refractivity contribution in [1.29, 1.82) is 0 Å². The molecule has 0 radical (unpaired) electrons. The molecule has 1 fully saturated rings. The predicted octanol–water partition coefficient (Wildman–Crippen LogP) is 1.03. The first-order valence-corrected chi connectivity index (χ1v) is 10.9. The lowest BCUT2D eigenvalue weighted by atomic mass is 10.2. The van der Waals surface area contributed by atoms with E-state index in [4.69, 9.17) is 16.3 Å². The number of sulfone groups is 1. The molecule has 1 saturated heterocycles. The van der Waals surface area contributed by atoms with Gasteiger partial charge in [0.2, 0.25) is 5.91 Å². The zero-order valence-corrected chi connectivity index (χ0v) is 16.8. The fourth-order valence-corrected chi connectivity index (χ4v) is 4.34. The number of aromatic nitrogens is 1. The lowest BCUT2D eigenvalue weighted by Gasteiger charge is -2.29. The summed E-state index contributed by atoms with van der Waals surface area (Å²) >= 11 is 6.13. The summed E-state index contributed by atoms with van der Waals surface area (Å²) in [4.78, 5) is 30.2. The van der Waals surface area contributed by atoms with Gasteiger partial charge in [-0.1, -0.05) is 11.6 Å². The van der Waals surface area contributed by atoms with E-state index in [0.29, 0.717) is 21.7 Å². The molecule has 2 amide bonds. The van der Waals surface area contributed by atoms with Crippen LogP contribution in [-0.2, 0) is 19.4 Å². The number of carbonyl (C=O) groups is 2. The van der Waals surface area contributed by atoms with Crippen molar-refractivity contribution in [2.45, 2.75) is 13.0 Å². The summed E-state index contributed by atoms with van der Waals surface area (Å²) in [5.74, 6) is -0.486. The van der Waals surface area contributed by atoms with Gasteiger partial charge in [-0.05, 0) is 31.2 Å². The Morgan fingerprint density at radius 2 is 2.00 bits per heavy atom. The number of halogens is 1. The summed E-state index contributed by atoms with van der Waals surface area (Å²) in [6.45, 7) is 1.54. The molecular weight excluding hydrogens is 406 g/mol. The molecule has 10 heteroatoms. The number of hydrogen-bond donors (Lipinski definition) is 1. The van der Waals surface area contributed by atoms with E-state index < -0.39 is 21.8 Å². The molecule has 0 spiro atoms. The summed E-state index contributed by atoms with van der Waals surface area (Å²) in [5.41, 5.74) is 0.543. The van der Waals surface area contributed by atoms with Crippen LogP contribution in [0.2, 0.25) is 5.02 Å². The molecule has 1 aromatic heterocycles. The molecule has 3 rings (SSSR count). The number of fused-ring (bicyclic) bond motifs is 1. The first-order valence-electron chi connectivity index (χ1n) is 8.71. The maximum atomic E-state index is 12.4. The second-order valence-electron chi connectivity index (χ2n) is 6.50. The van der Waals surface area contributed by atoms with E-state index in [2.05, 4.69) is 10.3 Å². The first kappa shape index (κ1) is 20.3. The maximum absolute atomic E-state index is 12.4. The van der Waals surface area contributed by atoms with Crippen LogP contribution in [0.1, 0.15) is 6.92 Å². The zero-order chi connectivity index (χ0) is 20.3. The Labute approximate surface area is 167 Å². The molecule has 0 bridgehead atoms. The Bertz CT molecular complexity index is 997. The highest BCUT2D eigenvalue weighted by atomic mass is 35.5. The van der Waals surface area contributed by atoms with E-state index in [1.54, 1.807) is 37.4 Å². The van der Waals surface area contributed by atoms with E-state index in [0.717, 1.165) is 0 Å². The third-order valence-electron chi connectivity index (χ3n) is 4.44. The standard InChI is InChI=1S/C18H20ClN3O5S/c1-12(18(24)22-7-9-28(25,26)10-8-22)21-16(23)11-27-15-5-4-14(19)13-3-2-6-20-17(13)15/h2-6,12H,7-11H2,1H3,(H,21,23). The molecule has 1 N–H and O–H groups in total. The van der Waals surface area contributed by atoms with Crippen molar-refractivity contribution in [2.24, 2.45) is 0 Å². The van der Waals surface area contributed by atoms with Gasteiger partial charge in [-0.3, -0.25) is 14.6 Å². The largest absolute Gasteiger partial charge is 0.481 e. The van der Waals surface area contributed by atoms with Crippen LogP contribution in [0.15, 0.2) is 30.5 Å². The molecule has 150 valence electrons. The highest BCUT2D eigenvalue weighted by Crippen LogP contribution is 2.29. The van der Waals surface area contributed by atoms with Crippen LogP contribution in [0.4, 0.5) is 0 Å². The lowest BCUT2D eigenvalue weighted by molar-refractivity contribution is -0.136. The average Bonchev–Trinajstić information content (AvgIpc) is 2.67. The summed E-state index contributed by atoms with van der Waals surface area (Å²) in [5, 5.41) is 3.82. The number of amides is 2. The van der Waals surface area contributed by atoms with Gasteiger partial charge in [0.05, 0.1) is 16.5 Å². The molecule has 8 nitrogen and oxygen atoms in total. The van der Waals surface area contributed by atoms with Crippen LogP contribution in [0.5, 0.6) is 5.75 Å². The van der Waals surface area contributed by atoms with Crippen molar-refractivity contribution in [3.63, 3.8) is 0 Å². The number of nitrogens with one attached hydrogen (secondary N) is 1. The third kappa shape index (κ3) is 4.71. The normalized spacial score (nSPS) is 17.1. The smallest absolute Gasteiger partial charge is 0.258 e. The van der Waals surface area contributed by atoms with Gasteiger partial charge in [0, 0.05) is 24.7 Å². The van der Waals surface area contributed by atoms with Crippen molar-refractivity contribution in [3.8, 4) is 5.75 Å². The van der Waals surface area contributed by atoms with E-state index in [9.17, 15) is 18.0 Å². The van der Waals surface area contributed by atoms with Crippen LogP contribution in [-0.4, -0.2) is 67.4 Å². The Hall–Kier alpha value is -2.39. The Kier molecular flexibility index (Phi) is 6.04. The van der Waals surface area contributed by atoms with E-state index in [1.165, 1.54) is 4.90 Å². The molecular formula is C18H20ClN3O5S. The molecule has 1 aromatic carbocycles. The van der Waals surface area contributed by atoms with Crippen molar-refractivity contribution >= 4 is 44.2 Å². The average molecular weight is 426 g/mol. The predicted molar refractivity (Wildman–Crippen MR) is 105 cm³/mol. The molecule has 0 aliphatic carbocycles. The minimum absolute atomic E-state index is 0.0564. The zero-order valence-electron chi connectivity index (χ0n) is 15.2. The van der Waals surface area contributed by atoms with Gasteiger partial charge in [0.1, 0.15) is 17.3 Å². The van der Waals surface area contributed by atoms with Crippen LogP contribution >= 0.6 is 11.6 Å². The van der Waals surface area contributed by atoms with Crippen LogP contribution in [0.25, 0.3) is 10.9 Å². The molecule has 2 aromatic rings. The van der Waals surface area contributed by atoms with Gasteiger partial charge in [0.25, 0.3) is 5.91 Å². The highest BCUT2D eigenvalue weighted by molar-refractivity contribution is 7.91. The summed E-state index contributed by atoms with van der Waals surface area (Å²) < 4.78 is 28.5. The second-order valence-corrected chi connectivity index (χ2v) is 9.21. The minimum Gasteiger partial charge on any atom is -0.481 e. The van der Waals surface area contributed by atoms with Crippen LogP contribution in [0.3, 0.4) is 0 Å². The molecule has 2 heterocycles. The van der Waals surface area contributed by atoms with E-state index in [1.807, 2.05) is 0 Å². The second kappa shape index (κ2) is 8.32. The van der Waals surface area contributed by atoms with E-state index in [-0.39, 0.29) is 37.1 Å². The molecule has 1 aliphatic rings. The summed E-state index contributed by atoms with van der Waals surface area (Å²) in [7, 11) is -3.07. The van der Waals surface area contributed by atoms with Gasteiger partial charge >= 0.3 is 0 Å². The lowest BCUT2D eigenvalue weighted by Crippen LogP contribution is -2.52. The maximum Gasteiger partial charge on any atom is 0.258 e. The number of pyridine rings is 1. The Balaban J connectivity index is 1.56. The fraction of sp³-hybridized carbons (Fsp3) is 0.389. The van der Waals surface area contributed by atoms with Gasteiger partial charge in [-0.15, -0.1) is 0 Å². The number of carbonyl (C=O) groups excluding carboxylic acids is 2. The third-order valence-corrected chi connectivity index (χ3v) is 6.38. The number of hydrogen-bond acceptors (Lipinski definition) is 6. The van der Waals surface area contributed by atoms with Crippen molar-refractivity contribution in [1.82, 2.24) is 15.2 Å². The molecule has 28 heavy (non-hydrogen) atoms. The van der Waals surface area contributed by atoms with Crippen LogP contribution in [0, 0.1) is 0 Å². The topological polar surface area (TPSA) is 106 Å². The van der Waals surface area contributed by atoms with Crippen molar-refractivity contribution in [2.75, 3.05) is 31.2 Å². The number of ether oxygens (including phenoxy) is 1. The Morgan fingerprint density at radius 1 is 1.29 bits per heavy atom. The Morgan fingerprint density at radius 3 is 2.71 bits per heavy atom. The highest BCUT2D eigenvalue weighted by Gasteiger charge is 2.28. The first-order chi connectivity index (χ1) is 13.3. The van der Waals surface area contributed by atoms with Crippen molar-refractivity contribution in [3.05, 3.63) is 35.5 Å². The van der Waals surface area contributed by atoms with E-state index >= 15 is 0 Å². The van der Waals surface area contributed by atoms with Crippen LogP contribution < -0.4 is 10.1 Å². The quantitative estimate of drug-likeness (QED) is 0.766. The monoisotopic (exact) mass is 425 g/mol. The number of nitrogens with zero attached hydrogens (tertiary/aromatic N) is 2. The summed E-state index contributed by atoms with van der Waals surface area (Å²) in [6.07, 6.45) is 1.60. The SMILES string of the molecule is CC(NC(=O)COc1ccc(Cl)c2cccnc12)C(=O)N1CCS(=O)(=O)CC1.